The number of carboxylic acid groups (broad SMARTS) is 1. The number of amides is 1. The van der Waals surface area contributed by atoms with E-state index in [2.05, 4.69) is 0 Å². The first-order valence-electron chi connectivity index (χ1n) is 4.48. The Morgan fingerprint density at radius 1 is 1.33 bits per heavy atom. The number of halogens is 3. The molecule has 0 saturated heterocycles. The molecule has 1 amide bonds. The minimum absolute atomic E-state index is 0.480. The third kappa shape index (κ3) is 3.01. The number of carbonyl (C=O) groups is 2. The Bertz CT molecular complexity index is 543. The second-order valence-corrected chi connectivity index (χ2v) is 3.16. The Kier molecular flexibility index (Phi) is 3.61. The summed E-state index contributed by atoms with van der Waals surface area (Å²) in [6.07, 6.45) is 0.0920. The van der Waals surface area contributed by atoms with Gasteiger partial charge in [0.15, 0.2) is 0 Å². The molecule has 0 unspecified atom stereocenters. The lowest BCUT2D eigenvalue weighted by molar-refractivity contribution is -0.137. The molecule has 0 bridgehead atoms. The smallest absolute Gasteiger partial charge is 0.416 e. The van der Waals surface area contributed by atoms with Gasteiger partial charge in [-0.15, -0.1) is 6.42 Å². The van der Waals surface area contributed by atoms with Crippen LogP contribution in [0.2, 0.25) is 0 Å². The molecule has 1 aromatic rings. The third-order valence-electron chi connectivity index (χ3n) is 1.96. The summed E-state index contributed by atoms with van der Waals surface area (Å²) in [6, 6.07) is 1.87. The van der Waals surface area contributed by atoms with Gasteiger partial charge in [-0.25, -0.2) is 4.79 Å². The van der Waals surface area contributed by atoms with Crippen LogP contribution >= 0.6 is 0 Å². The highest BCUT2D eigenvalue weighted by atomic mass is 19.4. The van der Waals surface area contributed by atoms with Crippen molar-refractivity contribution < 1.29 is 27.9 Å². The molecule has 0 heterocycles. The minimum atomic E-state index is -4.65. The van der Waals surface area contributed by atoms with E-state index in [0.717, 1.165) is 6.07 Å². The summed E-state index contributed by atoms with van der Waals surface area (Å²) >= 11 is 0. The number of alkyl halides is 3. The SMILES string of the molecule is C#CC(=O)Nc1cc(C(F)(F)F)ccc1C(=O)O. The number of carboxylic acids is 1. The highest BCUT2D eigenvalue weighted by molar-refractivity contribution is 6.07. The van der Waals surface area contributed by atoms with Gasteiger partial charge in [0, 0.05) is 0 Å². The van der Waals surface area contributed by atoms with Gasteiger partial charge in [-0.05, 0) is 24.1 Å². The summed E-state index contributed by atoms with van der Waals surface area (Å²) in [5.41, 5.74) is -2.06. The zero-order valence-corrected chi connectivity index (χ0v) is 8.71. The van der Waals surface area contributed by atoms with Crippen molar-refractivity contribution in [2.45, 2.75) is 6.18 Å². The maximum atomic E-state index is 12.4. The van der Waals surface area contributed by atoms with Crippen molar-refractivity contribution >= 4 is 17.6 Å². The van der Waals surface area contributed by atoms with Crippen LogP contribution in [0.25, 0.3) is 0 Å². The van der Waals surface area contributed by atoms with Crippen molar-refractivity contribution in [3.63, 3.8) is 0 Å². The normalized spacial score (nSPS) is 10.6. The fourth-order valence-electron chi connectivity index (χ4n) is 1.17. The number of hydrogen-bond acceptors (Lipinski definition) is 2. The van der Waals surface area contributed by atoms with Gasteiger partial charge in [-0.1, -0.05) is 0 Å². The van der Waals surface area contributed by atoms with Crippen molar-refractivity contribution in [1.29, 1.82) is 0 Å². The highest BCUT2D eigenvalue weighted by Gasteiger charge is 2.31. The van der Waals surface area contributed by atoms with E-state index in [1.165, 1.54) is 0 Å². The Hall–Kier alpha value is -2.49. The standard InChI is InChI=1S/C11H6F3NO3/c1-2-9(16)15-8-5-6(11(12,13)14)3-4-7(8)10(17)18/h1,3-5H,(H,15,16)(H,17,18). The van der Waals surface area contributed by atoms with Gasteiger partial charge < -0.3 is 10.4 Å². The van der Waals surface area contributed by atoms with Gasteiger partial charge in [0.05, 0.1) is 16.8 Å². The van der Waals surface area contributed by atoms with Crippen molar-refractivity contribution in [3.05, 3.63) is 29.3 Å². The predicted molar refractivity (Wildman–Crippen MR) is 55.9 cm³/mol. The van der Waals surface area contributed by atoms with E-state index in [1.54, 1.807) is 5.92 Å². The molecular formula is C11H6F3NO3. The van der Waals surface area contributed by atoms with Crippen LogP contribution in [0, 0.1) is 12.3 Å². The first kappa shape index (κ1) is 13.6. The molecule has 0 atom stereocenters. The van der Waals surface area contributed by atoms with Crippen molar-refractivity contribution in [2.24, 2.45) is 0 Å². The number of carbonyl (C=O) groups excluding carboxylic acids is 1. The Morgan fingerprint density at radius 3 is 2.39 bits per heavy atom. The molecule has 4 nitrogen and oxygen atoms in total. The molecule has 0 aliphatic heterocycles. The van der Waals surface area contributed by atoms with Crippen LogP contribution in [0.15, 0.2) is 18.2 Å². The Balaban J connectivity index is 3.29. The first-order chi connectivity index (χ1) is 8.25. The number of terminal acetylenes is 1. The molecule has 7 heteroatoms. The van der Waals surface area contributed by atoms with Gasteiger partial charge >= 0.3 is 12.1 Å². The molecule has 0 fully saturated rings. The topological polar surface area (TPSA) is 66.4 Å². The monoisotopic (exact) mass is 257 g/mol. The van der Waals surface area contributed by atoms with Crippen molar-refractivity contribution in [2.75, 3.05) is 5.32 Å². The molecule has 0 saturated carbocycles. The van der Waals surface area contributed by atoms with E-state index < -0.39 is 34.9 Å². The second-order valence-electron chi connectivity index (χ2n) is 3.16. The molecule has 0 spiro atoms. The lowest BCUT2D eigenvalue weighted by atomic mass is 10.1. The number of benzene rings is 1. The number of aromatic carboxylic acids is 1. The van der Waals surface area contributed by atoms with Gasteiger partial charge in [0.25, 0.3) is 5.91 Å². The fourth-order valence-corrected chi connectivity index (χ4v) is 1.17. The van der Waals surface area contributed by atoms with Crippen molar-refractivity contribution in [3.8, 4) is 12.3 Å². The maximum absolute atomic E-state index is 12.4. The number of rotatable bonds is 2. The molecule has 0 radical (unpaired) electrons. The van der Waals surface area contributed by atoms with Crippen LogP contribution in [0.1, 0.15) is 15.9 Å². The number of hydrogen-bond donors (Lipinski definition) is 2. The summed E-state index contributed by atoms with van der Waals surface area (Å²) in [5, 5.41) is 10.7. The Labute approximate surface area is 99.4 Å². The largest absolute Gasteiger partial charge is 0.478 e. The predicted octanol–water partition coefficient (Wildman–Crippen LogP) is 1.98. The van der Waals surface area contributed by atoms with Gasteiger partial charge in [0.2, 0.25) is 0 Å². The zero-order valence-electron chi connectivity index (χ0n) is 8.71. The van der Waals surface area contributed by atoms with E-state index in [1.807, 2.05) is 5.32 Å². The number of nitrogens with one attached hydrogen (secondary N) is 1. The molecule has 0 aliphatic rings. The average Bonchev–Trinajstić information content (AvgIpc) is 2.27. The fraction of sp³-hybridized carbons (Fsp3) is 0.0909. The molecular weight excluding hydrogens is 251 g/mol. The summed E-state index contributed by atoms with van der Waals surface area (Å²) < 4.78 is 37.3. The quantitative estimate of drug-likeness (QED) is 0.796. The summed E-state index contributed by atoms with van der Waals surface area (Å²) in [6.45, 7) is 0. The van der Waals surface area contributed by atoms with Crippen LogP contribution in [-0.4, -0.2) is 17.0 Å². The molecule has 1 rings (SSSR count). The molecule has 0 aromatic heterocycles. The van der Waals surface area contributed by atoms with E-state index in [0.29, 0.717) is 12.1 Å². The van der Waals surface area contributed by atoms with Crippen LogP contribution in [0.5, 0.6) is 0 Å². The van der Waals surface area contributed by atoms with Crippen LogP contribution < -0.4 is 5.32 Å². The van der Waals surface area contributed by atoms with Gasteiger partial charge in [-0.3, -0.25) is 4.79 Å². The maximum Gasteiger partial charge on any atom is 0.416 e. The third-order valence-corrected chi connectivity index (χ3v) is 1.96. The van der Waals surface area contributed by atoms with Gasteiger partial charge in [-0.2, -0.15) is 13.2 Å². The molecule has 18 heavy (non-hydrogen) atoms. The summed E-state index contributed by atoms with van der Waals surface area (Å²) in [7, 11) is 0. The van der Waals surface area contributed by atoms with Crippen LogP contribution in [-0.2, 0) is 11.0 Å². The summed E-state index contributed by atoms with van der Waals surface area (Å²) in [4.78, 5) is 21.7. The Morgan fingerprint density at radius 2 is 1.94 bits per heavy atom. The zero-order chi connectivity index (χ0) is 13.9. The van der Waals surface area contributed by atoms with E-state index in [9.17, 15) is 22.8 Å². The lowest BCUT2D eigenvalue weighted by Gasteiger charge is -2.11. The lowest BCUT2D eigenvalue weighted by Crippen LogP contribution is -2.14. The molecule has 94 valence electrons. The summed E-state index contributed by atoms with van der Waals surface area (Å²) in [5.74, 6) is -0.893. The average molecular weight is 257 g/mol. The molecule has 2 N–H and O–H groups in total. The number of anilines is 1. The van der Waals surface area contributed by atoms with E-state index in [-0.39, 0.29) is 0 Å². The van der Waals surface area contributed by atoms with Crippen LogP contribution in [0.4, 0.5) is 18.9 Å². The van der Waals surface area contributed by atoms with Crippen LogP contribution in [0.3, 0.4) is 0 Å². The van der Waals surface area contributed by atoms with E-state index in [4.69, 9.17) is 11.5 Å². The minimum Gasteiger partial charge on any atom is -0.478 e. The molecule has 1 aromatic carbocycles. The molecule has 0 aliphatic carbocycles. The van der Waals surface area contributed by atoms with Crippen molar-refractivity contribution in [1.82, 2.24) is 0 Å². The first-order valence-corrected chi connectivity index (χ1v) is 4.48. The highest BCUT2D eigenvalue weighted by Crippen LogP contribution is 2.32. The van der Waals surface area contributed by atoms with E-state index >= 15 is 0 Å². The van der Waals surface area contributed by atoms with Gasteiger partial charge in [0.1, 0.15) is 0 Å². The second kappa shape index (κ2) is 4.79.